The molecule has 2 aliphatic rings. The van der Waals surface area contributed by atoms with Crippen LogP contribution in [0.25, 0.3) is 0 Å². The summed E-state index contributed by atoms with van der Waals surface area (Å²) in [5.41, 5.74) is 0.415. The number of hydrogen-bond acceptors (Lipinski definition) is 5. The Balaban J connectivity index is 1.79. The molecule has 1 spiro atoms. The highest BCUT2D eigenvalue weighted by molar-refractivity contribution is 7.16. The van der Waals surface area contributed by atoms with Gasteiger partial charge in [-0.15, -0.1) is 16.4 Å². The number of aryl methyl sites for hydroxylation is 1. The van der Waals surface area contributed by atoms with Crippen molar-refractivity contribution in [1.29, 1.82) is 0 Å². The van der Waals surface area contributed by atoms with Crippen molar-refractivity contribution in [3.63, 3.8) is 0 Å². The van der Waals surface area contributed by atoms with E-state index in [0.29, 0.717) is 23.1 Å². The molecule has 2 aromatic heterocycles. The Morgan fingerprint density at radius 3 is 2.82 bits per heavy atom. The van der Waals surface area contributed by atoms with Gasteiger partial charge in [0.1, 0.15) is 5.69 Å². The number of likely N-dealkylation sites (tertiary alicyclic amines) is 1. The van der Waals surface area contributed by atoms with E-state index in [1.54, 1.807) is 14.0 Å². The monoisotopic (exact) mass is 434 g/mol. The molecule has 1 amide bonds. The summed E-state index contributed by atoms with van der Waals surface area (Å²) in [5, 5.41) is 7.84. The molecule has 2 aliphatic heterocycles. The maximum Gasteiger partial charge on any atom is 0.471 e. The summed E-state index contributed by atoms with van der Waals surface area (Å²) >= 11 is 7.67. The van der Waals surface area contributed by atoms with Gasteiger partial charge in [-0.05, 0) is 18.6 Å². The number of piperidine rings is 1. The minimum absolute atomic E-state index is 0.165. The van der Waals surface area contributed by atoms with Crippen molar-refractivity contribution in [1.82, 2.24) is 19.9 Å². The summed E-state index contributed by atoms with van der Waals surface area (Å²) < 4.78 is 48.1. The lowest BCUT2D eigenvalue weighted by molar-refractivity contribution is -0.201. The van der Waals surface area contributed by atoms with Gasteiger partial charge in [-0.2, -0.15) is 13.2 Å². The fraction of sp³-hybridized carbons (Fsp3) is 0.588. The number of hydrogen-bond donors (Lipinski definition) is 0. The topological polar surface area (TPSA) is 60.2 Å². The minimum atomic E-state index is -4.97. The van der Waals surface area contributed by atoms with Crippen LogP contribution in [0.5, 0.6) is 0 Å². The quantitative estimate of drug-likeness (QED) is 0.688. The van der Waals surface area contributed by atoms with Crippen LogP contribution < -0.4 is 0 Å². The number of alkyl halides is 3. The van der Waals surface area contributed by atoms with Gasteiger partial charge < -0.3 is 9.64 Å². The zero-order valence-corrected chi connectivity index (χ0v) is 16.7. The first-order valence-corrected chi connectivity index (χ1v) is 9.98. The van der Waals surface area contributed by atoms with E-state index in [9.17, 15) is 18.0 Å². The predicted octanol–water partition coefficient (Wildman–Crippen LogP) is 3.61. The standard InChI is InChI=1S/C17H18ClF3N4O2S/c1-9-6-16(10-5-14(18)28-13(10)3-4-27-16)7-12(11-8-24(2)23-22-11)25(9)15(26)17(19,20)21/h5,8-9,12H,3-4,6-7H2,1-2H3/t9-,12-,16?/m0/s1. The Hall–Kier alpha value is -1.65. The van der Waals surface area contributed by atoms with Crippen LogP contribution in [0, 0.1) is 0 Å². The lowest BCUT2D eigenvalue weighted by atomic mass is 9.75. The van der Waals surface area contributed by atoms with Gasteiger partial charge in [0.05, 0.1) is 28.8 Å². The first-order chi connectivity index (χ1) is 13.1. The fourth-order valence-electron chi connectivity index (χ4n) is 4.35. The molecule has 1 saturated heterocycles. The Labute approximate surface area is 168 Å². The maximum absolute atomic E-state index is 13.3. The van der Waals surface area contributed by atoms with Crippen molar-refractivity contribution in [3.05, 3.63) is 32.7 Å². The number of amides is 1. The van der Waals surface area contributed by atoms with Crippen LogP contribution >= 0.6 is 22.9 Å². The highest BCUT2D eigenvalue weighted by Crippen LogP contribution is 2.52. The van der Waals surface area contributed by atoms with E-state index in [-0.39, 0.29) is 12.8 Å². The van der Waals surface area contributed by atoms with Gasteiger partial charge in [-0.1, -0.05) is 16.8 Å². The van der Waals surface area contributed by atoms with Gasteiger partial charge in [0.2, 0.25) is 0 Å². The van der Waals surface area contributed by atoms with Crippen LogP contribution in [0.1, 0.15) is 41.9 Å². The molecular formula is C17H18ClF3N4O2S. The predicted molar refractivity (Wildman–Crippen MR) is 96.0 cm³/mol. The molecular weight excluding hydrogens is 417 g/mol. The molecule has 1 unspecified atom stereocenters. The van der Waals surface area contributed by atoms with Crippen molar-refractivity contribution >= 4 is 28.8 Å². The molecule has 6 nitrogen and oxygen atoms in total. The number of halogens is 4. The molecule has 0 saturated carbocycles. The molecule has 3 atom stereocenters. The second-order valence-corrected chi connectivity index (χ2v) is 9.05. The summed E-state index contributed by atoms with van der Waals surface area (Å²) in [6, 6.07) is 0.221. The van der Waals surface area contributed by atoms with Gasteiger partial charge in [-0.25, -0.2) is 0 Å². The lowest BCUT2D eigenvalue weighted by Crippen LogP contribution is -2.56. The molecule has 0 N–H and O–H groups in total. The van der Waals surface area contributed by atoms with Gasteiger partial charge in [-0.3, -0.25) is 9.48 Å². The molecule has 0 aromatic carbocycles. The van der Waals surface area contributed by atoms with Crippen molar-refractivity contribution in [2.75, 3.05) is 6.61 Å². The number of carbonyl (C=O) groups is 1. The Morgan fingerprint density at radius 1 is 1.43 bits per heavy atom. The molecule has 152 valence electrons. The fourth-order valence-corrected chi connectivity index (χ4v) is 5.69. The zero-order chi connectivity index (χ0) is 20.3. The van der Waals surface area contributed by atoms with Crippen LogP contribution in [-0.4, -0.2) is 44.6 Å². The van der Waals surface area contributed by atoms with E-state index in [4.69, 9.17) is 16.3 Å². The van der Waals surface area contributed by atoms with E-state index in [0.717, 1.165) is 15.3 Å². The van der Waals surface area contributed by atoms with Gasteiger partial charge in [0.25, 0.3) is 0 Å². The number of thiophene rings is 1. The maximum atomic E-state index is 13.3. The van der Waals surface area contributed by atoms with Crippen LogP contribution in [0.2, 0.25) is 4.34 Å². The molecule has 1 fully saturated rings. The van der Waals surface area contributed by atoms with Crippen LogP contribution in [0.3, 0.4) is 0 Å². The highest BCUT2D eigenvalue weighted by Gasteiger charge is 2.55. The van der Waals surface area contributed by atoms with E-state index in [2.05, 4.69) is 10.3 Å². The Kier molecular flexibility index (Phi) is 4.71. The number of aromatic nitrogens is 3. The Bertz CT molecular complexity index is 915. The summed E-state index contributed by atoms with van der Waals surface area (Å²) in [6.45, 7) is 2.07. The van der Waals surface area contributed by atoms with Crippen LogP contribution in [0.4, 0.5) is 13.2 Å². The zero-order valence-electron chi connectivity index (χ0n) is 15.2. The SMILES string of the molecule is C[C@H]1CC2(C[C@@H](c3cn(C)nn3)N1C(=O)C(F)(F)F)OCCc1sc(Cl)cc12. The average molecular weight is 435 g/mol. The third-order valence-electron chi connectivity index (χ3n) is 5.37. The van der Waals surface area contributed by atoms with E-state index in [1.807, 2.05) is 6.07 Å². The summed E-state index contributed by atoms with van der Waals surface area (Å²) in [4.78, 5) is 14.2. The average Bonchev–Trinajstić information content (AvgIpc) is 3.19. The van der Waals surface area contributed by atoms with Gasteiger partial charge >= 0.3 is 12.1 Å². The number of nitrogens with zero attached hydrogens (tertiary/aromatic N) is 4. The third-order valence-corrected chi connectivity index (χ3v) is 6.70. The lowest BCUT2D eigenvalue weighted by Gasteiger charge is -2.50. The van der Waals surface area contributed by atoms with Crippen molar-refractivity contribution in [2.24, 2.45) is 7.05 Å². The summed E-state index contributed by atoms with van der Waals surface area (Å²) in [7, 11) is 1.63. The van der Waals surface area contributed by atoms with Crippen LogP contribution in [0.15, 0.2) is 12.3 Å². The number of rotatable bonds is 1. The molecule has 0 radical (unpaired) electrons. The molecule has 4 rings (SSSR count). The van der Waals surface area contributed by atoms with Gasteiger partial charge in [0, 0.05) is 37.2 Å². The normalized spacial score (nSPS) is 27.9. The first-order valence-electron chi connectivity index (χ1n) is 8.79. The molecule has 4 heterocycles. The second-order valence-electron chi connectivity index (χ2n) is 7.28. The van der Waals surface area contributed by atoms with E-state index >= 15 is 0 Å². The van der Waals surface area contributed by atoms with E-state index < -0.39 is 29.8 Å². The van der Waals surface area contributed by atoms with Crippen molar-refractivity contribution in [3.8, 4) is 0 Å². The number of fused-ring (bicyclic) bond motifs is 2. The van der Waals surface area contributed by atoms with E-state index in [1.165, 1.54) is 22.2 Å². The number of ether oxygens (including phenoxy) is 1. The second kappa shape index (κ2) is 6.70. The largest absolute Gasteiger partial charge is 0.471 e. The number of carbonyl (C=O) groups excluding carboxylic acids is 1. The summed E-state index contributed by atoms with van der Waals surface area (Å²) in [6.07, 6.45) is -2.30. The van der Waals surface area contributed by atoms with Crippen molar-refractivity contribution < 1.29 is 22.7 Å². The van der Waals surface area contributed by atoms with Crippen molar-refractivity contribution in [2.45, 2.75) is 50.0 Å². The van der Waals surface area contributed by atoms with Gasteiger partial charge in [0.15, 0.2) is 0 Å². The molecule has 2 aromatic rings. The smallest absolute Gasteiger partial charge is 0.370 e. The van der Waals surface area contributed by atoms with Crippen LogP contribution in [-0.2, 0) is 28.6 Å². The molecule has 28 heavy (non-hydrogen) atoms. The minimum Gasteiger partial charge on any atom is -0.370 e. The molecule has 0 bridgehead atoms. The molecule has 0 aliphatic carbocycles. The highest BCUT2D eigenvalue weighted by atomic mass is 35.5. The first kappa shape index (κ1) is 19.7. The molecule has 11 heteroatoms. The summed E-state index contributed by atoms with van der Waals surface area (Å²) in [5.74, 6) is -1.87. The Morgan fingerprint density at radius 2 is 2.18 bits per heavy atom. The third kappa shape index (κ3) is 3.21.